The molecule has 0 saturated heterocycles. The van der Waals surface area contributed by atoms with Crippen molar-refractivity contribution in [3.63, 3.8) is 0 Å². The Morgan fingerprint density at radius 3 is 2.33 bits per heavy atom. The van der Waals surface area contributed by atoms with Crippen molar-refractivity contribution >= 4 is 11.9 Å². The number of carbonyl (C=O) groups is 2. The predicted octanol–water partition coefficient (Wildman–Crippen LogP) is 4.57. The van der Waals surface area contributed by atoms with Gasteiger partial charge < -0.3 is 19.8 Å². The van der Waals surface area contributed by atoms with E-state index >= 15 is 0 Å². The van der Waals surface area contributed by atoms with E-state index in [0.717, 1.165) is 18.4 Å². The maximum atomic E-state index is 13.4. The molecule has 33 heavy (non-hydrogen) atoms. The van der Waals surface area contributed by atoms with E-state index in [1.165, 1.54) is 4.90 Å². The molecule has 1 aromatic rings. The van der Waals surface area contributed by atoms with Crippen LogP contribution in [0.5, 0.6) is 0 Å². The Kier molecular flexibility index (Phi) is 7.30. The van der Waals surface area contributed by atoms with Gasteiger partial charge >= 0.3 is 6.09 Å². The third-order valence-electron chi connectivity index (χ3n) is 8.89. The van der Waals surface area contributed by atoms with Crippen LogP contribution in [0.3, 0.4) is 0 Å². The number of Topliss-reactive ketones (excluding diaryl/α,β-unsaturated/α-hetero) is 1. The highest BCUT2D eigenvalue weighted by atomic mass is 16.6. The van der Waals surface area contributed by atoms with Gasteiger partial charge in [-0.25, -0.2) is 4.79 Å². The number of fused-ring (bicyclic) bond motifs is 2. The van der Waals surface area contributed by atoms with Gasteiger partial charge in [-0.3, -0.25) is 4.79 Å². The van der Waals surface area contributed by atoms with Crippen molar-refractivity contribution in [1.29, 1.82) is 0 Å². The van der Waals surface area contributed by atoms with E-state index < -0.39 is 29.3 Å². The molecule has 1 amide bonds. The lowest BCUT2D eigenvalue weighted by Gasteiger charge is -2.44. The minimum Gasteiger partial charge on any atom is -0.445 e. The van der Waals surface area contributed by atoms with Crippen molar-refractivity contribution in [2.24, 2.45) is 22.7 Å². The number of aliphatic hydroxyl groups is 2. The fourth-order valence-electron chi connectivity index (χ4n) is 6.20. The number of ether oxygens (including phenoxy) is 1. The molecule has 0 aromatic heterocycles. The predicted molar refractivity (Wildman–Crippen MR) is 127 cm³/mol. The molecule has 2 aliphatic carbocycles. The van der Waals surface area contributed by atoms with Crippen LogP contribution >= 0.6 is 0 Å². The number of rotatable bonds is 9. The van der Waals surface area contributed by atoms with Gasteiger partial charge in [-0.15, -0.1) is 0 Å². The number of amides is 1. The Bertz CT molecular complexity index is 853. The van der Waals surface area contributed by atoms with Gasteiger partial charge in [0.2, 0.25) is 0 Å². The second kappa shape index (κ2) is 9.38. The highest BCUT2D eigenvalue weighted by Crippen LogP contribution is 2.70. The standard InChI is InChI=1S/C27H41NO5/c1-18(2)14-21(28(6)24(31)33-17-19-10-8-7-9-11-19)22(29)15-23(30)27(32)16-20-12-13-26(27,5)25(20,3)4/h7-11,18,20-22,29,32H,12-17H2,1-6H3/t20-,21+,22-,26-,27+/m1/s1. The molecule has 2 bridgehead atoms. The van der Waals surface area contributed by atoms with Crippen LogP contribution in [-0.2, 0) is 16.1 Å². The largest absolute Gasteiger partial charge is 0.445 e. The molecule has 2 saturated carbocycles. The van der Waals surface area contributed by atoms with Gasteiger partial charge in [0.25, 0.3) is 0 Å². The van der Waals surface area contributed by atoms with Gasteiger partial charge in [-0.2, -0.15) is 0 Å². The van der Waals surface area contributed by atoms with Crippen molar-refractivity contribution in [1.82, 2.24) is 4.90 Å². The summed E-state index contributed by atoms with van der Waals surface area (Å²) in [4.78, 5) is 27.6. The molecule has 184 valence electrons. The first kappa shape index (κ1) is 25.7. The molecule has 5 atom stereocenters. The molecule has 2 fully saturated rings. The SMILES string of the molecule is CC(C)C[C@@H]([C@H](O)CC(=O)[C@@]1(O)C[C@H]2CC[C@]1(C)C2(C)C)N(C)C(=O)OCc1ccccc1. The van der Waals surface area contributed by atoms with Crippen molar-refractivity contribution < 1.29 is 24.5 Å². The lowest BCUT2D eigenvalue weighted by Crippen LogP contribution is -2.55. The topological polar surface area (TPSA) is 87.1 Å². The molecule has 0 aliphatic heterocycles. The molecule has 0 unspecified atom stereocenters. The van der Waals surface area contributed by atoms with Crippen molar-refractivity contribution in [3.8, 4) is 0 Å². The molecule has 0 radical (unpaired) electrons. The Morgan fingerprint density at radius 2 is 1.82 bits per heavy atom. The zero-order valence-corrected chi connectivity index (χ0v) is 21.0. The summed E-state index contributed by atoms with van der Waals surface area (Å²) in [5, 5.41) is 22.7. The van der Waals surface area contributed by atoms with Gasteiger partial charge in [0.1, 0.15) is 12.2 Å². The molecule has 0 heterocycles. The van der Waals surface area contributed by atoms with Crippen LogP contribution in [0.4, 0.5) is 4.79 Å². The molecule has 0 spiro atoms. The van der Waals surface area contributed by atoms with Gasteiger partial charge in [0.15, 0.2) is 5.78 Å². The van der Waals surface area contributed by atoms with Crippen LogP contribution in [0.25, 0.3) is 0 Å². The highest BCUT2D eigenvalue weighted by Gasteiger charge is 2.70. The van der Waals surface area contributed by atoms with Crippen LogP contribution in [0, 0.1) is 22.7 Å². The molecular weight excluding hydrogens is 418 g/mol. The highest BCUT2D eigenvalue weighted by molar-refractivity contribution is 5.89. The van der Waals surface area contributed by atoms with E-state index in [4.69, 9.17) is 4.74 Å². The van der Waals surface area contributed by atoms with Gasteiger partial charge in [0.05, 0.1) is 12.1 Å². The van der Waals surface area contributed by atoms with Crippen molar-refractivity contribution in [2.45, 2.75) is 91.1 Å². The van der Waals surface area contributed by atoms with Gasteiger partial charge in [-0.05, 0) is 48.5 Å². The Balaban J connectivity index is 1.69. The fourth-order valence-corrected chi connectivity index (χ4v) is 6.20. The zero-order valence-electron chi connectivity index (χ0n) is 21.0. The molecule has 6 heteroatoms. The van der Waals surface area contributed by atoms with Gasteiger partial charge in [0, 0.05) is 18.9 Å². The fraction of sp³-hybridized carbons (Fsp3) is 0.704. The maximum Gasteiger partial charge on any atom is 0.410 e. The summed E-state index contributed by atoms with van der Waals surface area (Å²) in [6.07, 6.45) is 1.01. The van der Waals surface area contributed by atoms with Crippen LogP contribution in [0.1, 0.15) is 72.3 Å². The smallest absolute Gasteiger partial charge is 0.410 e. The van der Waals surface area contributed by atoms with E-state index in [-0.39, 0.29) is 30.1 Å². The summed E-state index contributed by atoms with van der Waals surface area (Å²) in [6, 6.07) is 8.84. The van der Waals surface area contributed by atoms with E-state index in [1.54, 1.807) is 7.05 Å². The third kappa shape index (κ3) is 4.57. The second-order valence-electron chi connectivity index (χ2n) is 11.4. The number of aliphatic hydroxyl groups excluding tert-OH is 1. The van der Waals surface area contributed by atoms with Crippen LogP contribution < -0.4 is 0 Å². The first-order chi connectivity index (χ1) is 15.3. The van der Waals surface area contributed by atoms with E-state index in [0.29, 0.717) is 18.8 Å². The molecule has 1 aromatic carbocycles. The number of carbonyl (C=O) groups excluding carboxylic acids is 2. The second-order valence-corrected chi connectivity index (χ2v) is 11.4. The lowest BCUT2D eigenvalue weighted by atomic mass is 9.62. The first-order valence-electron chi connectivity index (χ1n) is 12.2. The summed E-state index contributed by atoms with van der Waals surface area (Å²) >= 11 is 0. The Hall–Kier alpha value is -1.92. The molecule has 2 aliphatic rings. The van der Waals surface area contributed by atoms with Crippen LogP contribution in [0.2, 0.25) is 0 Å². The lowest BCUT2D eigenvalue weighted by molar-refractivity contribution is -0.158. The normalized spacial score (nSPS) is 29.7. The Labute approximate surface area is 198 Å². The summed E-state index contributed by atoms with van der Waals surface area (Å²) < 4.78 is 5.45. The van der Waals surface area contributed by atoms with E-state index in [1.807, 2.05) is 51.1 Å². The van der Waals surface area contributed by atoms with E-state index in [2.05, 4.69) is 13.8 Å². The monoisotopic (exact) mass is 459 g/mol. The number of likely N-dealkylation sites (N-methyl/N-ethyl adjacent to an activating group) is 1. The number of ketones is 1. The Morgan fingerprint density at radius 1 is 1.18 bits per heavy atom. The van der Waals surface area contributed by atoms with Crippen LogP contribution in [0.15, 0.2) is 30.3 Å². The molecule has 3 rings (SSSR count). The maximum absolute atomic E-state index is 13.4. The average molecular weight is 460 g/mol. The van der Waals surface area contributed by atoms with Gasteiger partial charge in [-0.1, -0.05) is 65.0 Å². The number of nitrogens with zero attached hydrogens (tertiary/aromatic N) is 1. The number of hydrogen-bond acceptors (Lipinski definition) is 5. The average Bonchev–Trinajstić information content (AvgIpc) is 3.08. The van der Waals surface area contributed by atoms with Crippen molar-refractivity contribution in [2.75, 3.05) is 7.05 Å². The molecule has 6 nitrogen and oxygen atoms in total. The third-order valence-corrected chi connectivity index (χ3v) is 8.89. The molecular formula is C27H41NO5. The summed E-state index contributed by atoms with van der Waals surface area (Å²) in [7, 11) is 1.60. The summed E-state index contributed by atoms with van der Waals surface area (Å²) in [5.74, 6) is 0.189. The summed E-state index contributed by atoms with van der Waals surface area (Å²) in [5.41, 5.74) is -1.19. The zero-order chi connectivity index (χ0) is 24.6. The van der Waals surface area contributed by atoms with Crippen molar-refractivity contribution in [3.05, 3.63) is 35.9 Å². The first-order valence-corrected chi connectivity index (χ1v) is 12.2. The minimum atomic E-state index is -1.44. The van der Waals surface area contributed by atoms with Crippen LogP contribution in [-0.4, -0.2) is 51.8 Å². The summed E-state index contributed by atoms with van der Waals surface area (Å²) in [6.45, 7) is 10.5. The number of hydrogen-bond donors (Lipinski definition) is 2. The van der Waals surface area contributed by atoms with E-state index in [9.17, 15) is 19.8 Å². The molecule has 2 N–H and O–H groups in total. The number of benzene rings is 1. The quantitative estimate of drug-likeness (QED) is 0.565. The minimum absolute atomic E-state index is 0.127.